The minimum Gasteiger partial charge on any atom is -0.347 e. The number of ether oxygens (including phenoxy) is 2. The van der Waals surface area contributed by atoms with Gasteiger partial charge in [-0.05, 0) is 38.8 Å². The maximum absolute atomic E-state index is 6.24. The van der Waals surface area contributed by atoms with E-state index in [0.29, 0.717) is 12.1 Å². The summed E-state index contributed by atoms with van der Waals surface area (Å²) in [4.78, 5) is 2.51. The summed E-state index contributed by atoms with van der Waals surface area (Å²) in [5.41, 5.74) is 0. The van der Waals surface area contributed by atoms with Gasteiger partial charge in [0.25, 0.3) is 0 Å². The molecule has 1 aliphatic carbocycles. The number of rotatable bonds is 2. The first-order chi connectivity index (χ1) is 8.22. The van der Waals surface area contributed by atoms with Crippen LogP contribution in [0.2, 0.25) is 0 Å². The largest absolute Gasteiger partial charge is 0.347 e. The zero-order valence-electron chi connectivity index (χ0n) is 11.2. The van der Waals surface area contributed by atoms with Gasteiger partial charge in [-0.25, -0.2) is 0 Å². The van der Waals surface area contributed by atoms with Crippen LogP contribution < -0.4 is 0 Å². The van der Waals surface area contributed by atoms with Crippen LogP contribution in [0.1, 0.15) is 45.4 Å². The first-order valence-electron chi connectivity index (χ1n) is 7.24. The van der Waals surface area contributed by atoms with Gasteiger partial charge < -0.3 is 14.4 Å². The van der Waals surface area contributed by atoms with Crippen molar-refractivity contribution in [2.75, 3.05) is 20.2 Å². The molecule has 3 nitrogen and oxygen atoms in total. The Kier molecular flexibility index (Phi) is 3.18. The fourth-order valence-electron chi connectivity index (χ4n) is 3.89. The van der Waals surface area contributed by atoms with Crippen molar-refractivity contribution in [3.63, 3.8) is 0 Å². The van der Waals surface area contributed by atoms with E-state index in [2.05, 4.69) is 18.9 Å². The summed E-state index contributed by atoms with van der Waals surface area (Å²) >= 11 is 0. The van der Waals surface area contributed by atoms with E-state index in [1.54, 1.807) is 0 Å². The summed E-state index contributed by atoms with van der Waals surface area (Å²) in [7, 11) is 2.25. The van der Waals surface area contributed by atoms with Gasteiger partial charge in [0.2, 0.25) is 0 Å². The summed E-state index contributed by atoms with van der Waals surface area (Å²) in [5, 5.41) is 0. The maximum Gasteiger partial charge on any atom is 0.170 e. The molecule has 3 fully saturated rings. The van der Waals surface area contributed by atoms with Gasteiger partial charge in [-0.3, -0.25) is 0 Å². The van der Waals surface area contributed by atoms with Gasteiger partial charge in [-0.15, -0.1) is 0 Å². The van der Waals surface area contributed by atoms with Crippen LogP contribution in [0.5, 0.6) is 0 Å². The van der Waals surface area contributed by atoms with E-state index in [9.17, 15) is 0 Å². The number of hydrogen-bond acceptors (Lipinski definition) is 3. The zero-order valence-corrected chi connectivity index (χ0v) is 11.2. The van der Waals surface area contributed by atoms with Gasteiger partial charge in [0, 0.05) is 18.9 Å². The van der Waals surface area contributed by atoms with Crippen LogP contribution in [0.3, 0.4) is 0 Å². The van der Waals surface area contributed by atoms with Crippen molar-refractivity contribution in [3.05, 3.63) is 0 Å². The number of nitrogens with zero attached hydrogens (tertiary/aromatic N) is 1. The third-order valence-corrected chi connectivity index (χ3v) is 4.90. The normalized spacial score (nSPS) is 46.6. The van der Waals surface area contributed by atoms with Gasteiger partial charge >= 0.3 is 0 Å². The molecule has 4 atom stereocenters. The Labute approximate surface area is 104 Å². The van der Waals surface area contributed by atoms with E-state index in [1.165, 1.54) is 25.8 Å². The van der Waals surface area contributed by atoms with E-state index in [1.807, 2.05) is 0 Å². The monoisotopic (exact) mass is 239 g/mol. The molecule has 17 heavy (non-hydrogen) atoms. The lowest BCUT2D eigenvalue weighted by Crippen LogP contribution is -2.45. The van der Waals surface area contributed by atoms with E-state index >= 15 is 0 Å². The first kappa shape index (κ1) is 11.9. The highest BCUT2D eigenvalue weighted by Gasteiger charge is 2.50. The molecule has 2 aliphatic heterocycles. The second kappa shape index (κ2) is 4.52. The standard InChI is InChI=1S/C14H25NO2/c1-3-4-12-10-16-14(17-12)7-5-11-6-8-15(2)13(11)9-14/h11-13H,3-10H2,1-2H3/t11?,12?,13-,14?/m0/s1. The highest BCUT2D eigenvalue weighted by atomic mass is 16.7. The van der Waals surface area contributed by atoms with Gasteiger partial charge in [0.1, 0.15) is 0 Å². The molecule has 0 bridgehead atoms. The van der Waals surface area contributed by atoms with Gasteiger partial charge in [-0.2, -0.15) is 0 Å². The Hall–Kier alpha value is -0.120. The van der Waals surface area contributed by atoms with Gasteiger partial charge in [0.05, 0.1) is 12.7 Å². The summed E-state index contributed by atoms with van der Waals surface area (Å²) < 4.78 is 12.3. The lowest BCUT2D eigenvalue weighted by Gasteiger charge is -2.40. The topological polar surface area (TPSA) is 21.7 Å². The summed E-state index contributed by atoms with van der Waals surface area (Å²) in [6.07, 6.45) is 7.55. The molecular formula is C14H25NO2. The molecule has 3 heteroatoms. The molecule has 0 N–H and O–H groups in total. The zero-order chi connectivity index (χ0) is 11.9. The van der Waals surface area contributed by atoms with Crippen molar-refractivity contribution in [1.82, 2.24) is 4.90 Å². The van der Waals surface area contributed by atoms with E-state index in [-0.39, 0.29) is 5.79 Å². The second-order valence-corrected chi connectivity index (χ2v) is 6.09. The molecule has 1 saturated carbocycles. The average molecular weight is 239 g/mol. The third kappa shape index (κ3) is 2.13. The summed E-state index contributed by atoms with van der Waals surface area (Å²) in [6.45, 7) is 4.29. The van der Waals surface area contributed by atoms with Gasteiger partial charge in [-0.1, -0.05) is 13.3 Å². The quantitative estimate of drug-likeness (QED) is 0.738. The summed E-state index contributed by atoms with van der Waals surface area (Å²) in [6, 6.07) is 0.698. The lowest BCUT2D eigenvalue weighted by atomic mass is 9.81. The Morgan fingerprint density at radius 1 is 1.35 bits per heavy atom. The number of likely N-dealkylation sites (tertiary alicyclic amines) is 1. The van der Waals surface area contributed by atoms with Crippen molar-refractivity contribution in [2.45, 2.75) is 63.4 Å². The molecule has 0 aromatic heterocycles. The molecule has 3 unspecified atom stereocenters. The molecule has 0 aromatic rings. The Morgan fingerprint density at radius 2 is 2.24 bits per heavy atom. The molecule has 3 aliphatic rings. The van der Waals surface area contributed by atoms with Crippen LogP contribution in [-0.2, 0) is 9.47 Å². The van der Waals surface area contributed by atoms with Crippen molar-refractivity contribution < 1.29 is 9.47 Å². The Morgan fingerprint density at radius 3 is 3.06 bits per heavy atom. The van der Waals surface area contributed by atoms with Gasteiger partial charge in [0.15, 0.2) is 5.79 Å². The van der Waals surface area contributed by atoms with Crippen LogP contribution in [0.15, 0.2) is 0 Å². The van der Waals surface area contributed by atoms with Crippen LogP contribution in [0.25, 0.3) is 0 Å². The van der Waals surface area contributed by atoms with Crippen LogP contribution in [-0.4, -0.2) is 43.0 Å². The molecule has 98 valence electrons. The van der Waals surface area contributed by atoms with Crippen molar-refractivity contribution in [1.29, 1.82) is 0 Å². The molecular weight excluding hydrogens is 214 g/mol. The molecule has 2 saturated heterocycles. The van der Waals surface area contributed by atoms with Crippen molar-refractivity contribution >= 4 is 0 Å². The lowest BCUT2D eigenvalue weighted by molar-refractivity contribution is -0.201. The Bertz CT molecular complexity index is 283. The van der Waals surface area contributed by atoms with Crippen molar-refractivity contribution in [2.24, 2.45) is 5.92 Å². The average Bonchev–Trinajstić information content (AvgIpc) is 2.87. The molecule has 0 amide bonds. The van der Waals surface area contributed by atoms with E-state index < -0.39 is 0 Å². The molecule has 0 aromatic carbocycles. The molecule has 2 heterocycles. The third-order valence-electron chi connectivity index (χ3n) is 4.90. The second-order valence-electron chi connectivity index (χ2n) is 6.09. The molecule has 1 spiro atoms. The summed E-state index contributed by atoms with van der Waals surface area (Å²) in [5.74, 6) is 0.669. The number of fused-ring (bicyclic) bond motifs is 1. The number of hydrogen-bond donors (Lipinski definition) is 0. The molecule has 3 rings (SSSR count). The highest BCUT2D eigenvalue weighted by molar-refractivity contribution is 4.96. The van der Waals surface area contributed by atoms with E-state index in [0.717, 1.165) is 31.8 Å². The predicted octanol–water partition coefficient (Wildman–Crippen LogP) is 2.40. The minimum absolute atomic E-state index is 0.223. The van der Waals surface area contributed by atoms with Crippen LogP contribution in [0, 0.1) is 5.92 Å². The fraction of sp³-hybridized carbons (Fsp3) is 1.00. The SMILES string of the molecule is CCCC1COC2(CCC3CCN(C)[C@H]3C2)O1. The predicted molar refractivity (Wildman–Crippen MR) is 66.8 cm³/mol. The Balaban J connectivity index is 1.65. The highest BCUT2D eigenvalue weighted by Crippen LogP contribution is 2.45. The molecule has 0 radical (unpaired) electrons. The van der Waals surface area contributed by atoms with Crippen molar-refractivity contribution in [3.8, 4) is 0 Å². The minimum atomic E-state index is -0.223. The fourth-order valence-corrected chi connectivity index (χ4v) is 3.89. The first-order valence-corrected chi connectivity index (χ1v) is 7.24. The van der Waals surface area contributed by atoms with Crippen LogP contribution in [0.4, 0.5) is 0 Å². The van der Waals surface area contributed by atoms with E-state index in [4.69, 9.17) is 9.47 Å². The maximum atomic E-state index is 6.24. The van der Waals surface area contributed by atoms with Crippen LogP contribution >= 0.6 is 0 Å². The smallest absolute Gasteiger partial charge is 0.170 e.